The van der Waals surface area contributed by atoms with Crippen LogP contribution in [0, 0.1) is 5.92 Å². The van der Waals surface area contributed by atoms with E-state index < -0.39 is 10.0 Å². The number of aromatic nitrogens is 2. The molecule has 8 nitrogen and oxygen atoms in total. The lowest BCUT2D eigenvalue weighted by atomic mass is 9.97. The van der Waals surface area contributed by atoms with E-state index in [2.05, 4.69) is 10.3 Å². The Morgan fingerprint density at radius 3 is 2.34 bits per heavy atom. The molecule has 1 amide bonds. The first kappa shape index (κ1) is 22.2. The number of aryl methyl sites for hydroxylation is 1. The predicted octanol–water partition coefficient (Wildman–Crippen LogP) is 3.30. The third kappa shape index (κ3) is 4.18. The van der Waals surface area contributed by atoms with Gasteiger partial charge in [-0.05, 0) is 51.0 Å². The molecule has 2 heterocycles. The minimum atomic E-state index is -3.67. The summed E-state index contributed by atoms with van der Waals surface area (Å²) < 4.78 is 29.3. The van der Waals surface area contributed by atoms with Crippen LogP contribution in [0.15, 0.2) is 53.4 Å². The monoisotopic (exact) mass is 454 g/mol. The number of fused-ring (bicyclic) bond motifs is 1. The Labute approximate surface area is 187 Å². The molecule has 1 aliphatic heterocycles. The largest absolute Gasteiger partial charge is 0.310 e. The number of anilines is 1. The molecular formula is C23H26N4O4S. The van der Waals surface area contributed by atoms with Gasteiger partial charge in [-0.15, -0.1) is 0 Å². The number of ketones is 1. The first-order valence-corrected chi connectivity index (χ1v) is 12.1. The summed E-state index contributed by atoms with van der Waals surface area (Å²) in [7, 11) is -3.67. The number of benzene rings is 2. The number of carbonyl (C=O) groups is 2. The summed E-state index contributed by atoms with van der Waals surface area (Å²) in [6.07, 6.45) is 0.867. The van der Waals surface area contributed by atoms with Crippen molar-refractivity contribution in [1.29, 1.82) is 0 Å². The third-order valence-electron chi connectivity index (χ3n) is 5.93. The van der Waals surface area contributed by atoms with E-state index in [9.17, 15) is 18.0 Å². The average Bonchev–Trinajstić information content (AvgIpc) is 3.16. The van der Waals surface area contributed by atoms with E-state index in [4.69, 9.17) is 0 Å². The minimum Gasteiger partial charge on any atom is -0.310 e. The van der Waals surface area contributed by atoms with Crippen LogP contribution in [0.4, 0.5) is 5.95 Å². The number of hydrogen-bond donors (Lipinski definition) is 1. The van der Waals surface area contributed by atoms with Crippen LogP contribution >= 0.6 is 0 Å². The number of nitrogens with one attached hydrogen (secondary N) is 1. The molecule has 1 aromatic heterocycles. The molecule has 168 valence electrons. The average molecular weight is 455 g/mol. The van der Waals surface area contributed by atoms with Crippen molar-refractivity contribution in [2.45, 2.75) is 38.1 Å². The number of amides is 1. The first-order chi connectivity index (χ1) is 15.3. The Kier molecular flexibility index (Phi) is 6.12. The molecular weight excluding hydrogens is 428 g/mol. The highest BCUT2D eigenvalue weighted by molar-refractivity contribution is 7.89. The summed E-state index contributed by atoms with van der Waals surface area (Å²) in [5, 5.41) is 2.94. The Bertz CT molecular complexity index is 1260. The summed E-state index contributed by atoms with van der Waals surface area (Å²) >= 11 is 0. The van der Waals surface area contributed by atoms with Gasteiger partial charge >= 0.3 is 0 Å². The normalized spacial score (nSPS) is 15.7. The maximum atomic E-state index is 12.9. The van der Waals surface area contributed by atoms with Gasteiger partial charge < -0.3 is 4.57 Å². The van der Waals surface area contributed by atoms with Crippen LogP contribution in [0.3, 0.4) is 0 Å². The van der Waals surface area contributed by atoms with Crippen molar-refractivity contribution in [3.8, 4) is 0 Å². The van der Waals surface area contributed by atoms with E-state index in [1.165, 1.54) is 35.5 Å². The minimum absolute atomic E-state index is 0.114. The maximum absolute atomic E-state index is 12.9. The third-order valence-corrected chi connectivity index (χ3v) is 7.84. The van der Waals surface area contributed by atoms with E-state index in [1.54, 1.807) is 0 Å². The predicted molar refractivity (Wildman–Crippen MR) is 122 cm³/mol. The lowest BCUT2D eigenvalue weighted by Crippen LogP contribution is -2.41. The highest BCUT2D eigenvalue weighted by atomic mass is 32.2. The van der Waals surface area contributed by atoms with Crippen molar-refractivity contribution in [3.05, 3.63) is 54.1 Å². The fourth-order valence-electron chi connectivity index (χ4n) is 4.07. The first-order valence-electron chi connectivity index (χ1n) is 10.7. The molecule has 2 aromatic carbocycles. The lowest BCUT2D eigenvalue weighted by molar-refractivity contribution is -0.121. The Balaban J connectivity index is 1.42. The second-order valence-electron chi connectivity index (χ2n) is 7.92. The number of para-hydroxylation sites is 2. The molecule has 0 aliphatic carbocycles. The summed E-state index contributed by atoms with van der Waals surface area (Å²) in [6, 6.07) is 13.7. The zero-order valence-corrected chi connectivity index (χ0v) is 18.9. The number of sulfonamides is 1. The molecule has 1 saturated heterocycles. The van der Waals surface area contributed by atoms with Crippen LogP contribution in [0.2, 0.25) is 0 Å². The molecule has 0 bridgehead atoms. The van der Waals surface area contributed by atoms with Gasteiger partial charge in [-0.2, -0.15) is 4.31 Å². The standard InChI is InChI=1S/C23H26N4O4S/c1-3-27-21-7-5-4-6-20(21)24-23(27)25-22(29)18-12-14-26(15-13-18)32(30,31)19-10-8-17(9-11-19)16(2)28/h4-11,18H,3,12-15H2,1-2H3,(H,24,25,29). The van der Waals surface area contributed by atoms with Crippen molar-refractivity contribution in [1.82, 2.24) is 13.9 Å². The van der Waals surface area contributed by atoms with E-state index in [-0.39, 0.29) is 35.6 Å². The number of imidazole rings is 1. The zero-order chi connectivity index (χ0) is 22.9. The van der Waals surface area contributed by atoms with Crippen LogP contribution in [0.1, 0.15) is 37.0 Å². The van der Waals surface area contributed by atoms with Crippen LogP contribution in [-0.2, 0) is 21.4 Å². The summed E-state index contributed by atoms with van der Waals surface area (Å²) in [5.41, 5.74) is 2.25. The second-order valence-corrected chi connectivity index (χ2v) is 9.85. The topological polar surface area (TPSA) is 101 Å². The fraction of sp³-hybridized carbons (Fsp3) is 0.348. The van der Waals surface area contributed by atoms with Gasteiger partial charge in [0.2, 0.25) is 21.9 Å². The van der Waals surface area contributed by atoms with Crippen molar-refractivity contribution in [2.24, 2.45) is 5.92 Å². The van der Waals surface area contributed by atoms with Crippen LogP contribution < -0.4 is 5.32 Å². The van der Waals surface area contributed by atoms with Gasteiger partial charge in [0.05, 0.1) is 15.9 Å². The SMILES string of the molecule is CCn1c(NC(=O)C2CCN(S(=O)(=O)c3ccc(C(C)=O)cc3)CC2)nc2ccccc21. The van der Waals surface area contributed by atoms with Gasteiger partial charge in [-0.1, -0.05) is 24.3 Å². The molecule has 1 aliphatic rings. The van der Waals surface area contributed by atoms with Crippen molar-refractivity contribution >= 4 is 38.7 Å². The van der Waals surface area contributed by atoms with E-state index in [0.717, 1.165) is 11.0 Å². The Morgan fingerprint density at radius 1 is 1.06 bits per heavy atom. The molecule has 0 saturated carbocycles. The van der Waals surface area contributed by atoms with Crippen molar-refractivity contribution in [3.63, 3.8) is 0 Å². The number of nitrogens with zero attached hydrogens (tertiary/aromatic N) is 3. The molecule has 32 heavy (non-hydrogen) atoms. The van der Waals surface area contributed by atoms with E-state index in [0.29, 0.717) is 30.9 Å². The fourth-order valence-corrected chi connectivity index (χ4v) is 5.54. The van der Waals surface area contributed by atoms with Gasteiger partial charge in [0, 0.05) is 31.1 Å². The lowest BCUT2D eigenvalue weighted by Gasteiger charge is -2.30. The summed E-state index contributed by atoms with van der Waals surface area (Å²) in [4.78, 5) is 29.0. The quantitative estimate of drug-likeness (QED) is 0.576. The molecule has 1 fully saturated rings. The van der Waals surface area contributed by atoms with Crippen LogP contribution in [0.5, 0.6) is 0 Å². The van der Waals surface area contributed by atoms with Crippen molar-refractivity contribution < 1.29 is 18.0 Å². The number of hydrogen-bond acceptors (Lipinski definition) is 5. The molecule has 3 aromatic rings. The van der Waals surface area contributed by atoms with Gasteiger partial charge in [-0.3, -0.25) is 14.9 Å². The summed E-state index contributed by atoms with van der Waals surface area (Å²) in [5.74, 6) is -0.0267. The van der Waals surface area contributed by atoms with Gasteiger partial charge in [-0.25, -0.2) is 13.4 Å². The molecule has 9 heteroatoms. The molecule has 1 N–H and O–H groups in total. The van der Waals surface area contributed by atoms with Gasteiger partial charge in [0.25, 0.3) is 0 Å². The van der Waals surface area contributed by atoms with Gasteiger partial charge in [0.15, 0.2) is 5.78 Å². The highest BCUT2D eigenvalue weighted by Crippen LogP contribution is 2.26. The van der Waals surface area contributed by atoms with Gasteiger partial charge in [0.1, 0.15) is 0 Å². The van der Waals surface area contributed by atoms with Crippen LogP contribution in [-0.4, -0.2) is 47.1 Å². The molecule has 0 radical (unpaired) electrons. The van der Waals surface area contributed by atoms with Crippen molar-refractivity contribution in [2.75, 3.05) is 18.4 Å². The van der Waals surface area contributed by atoms with E-state index >= 15 is 0 Å². The summed E-state index contributed by atoms with van der Waals surface area (Å²) in [6.45, 7) is 4.64. The zero-order valence-electron chi connectivity index (χ0n) is 18.1. The molecule has 4 rings (SSSR count). The smallest absolute Gasteiger partial charge is 0.243 e. The number of piperidine rings is 1. The van der Waals surface area contributed by atoms with Crippen LogP contribution in [0.25, 0.3) is 11.0 Å². The highest BCUT2D eigenvalue weighted by Gasteiger charge is 2.32. The number of rotatable bonds is 6. The number of Topliss-reactive ketones (excluding diaryl/α,β-unsaturated/α-hetero) is 1. The maximum Gasteiger partial charge on any atom is 0.243 e. The number of carbonyl (C=O) groups excluding carboxylic acids is 2. The Morgan fingerprint density at radius 2 is 1.72 bits per heavy atom. The second kappa shape index (κ2) is 8.84. The Hall–Kier alpha value is -3.04. The van der Waals surface area contributed by atoms with E-state index in [1.807, 2.05) is 35.8 Å². The molecule has 0 atom stereocenters. The molecule has 0 spiro atoms. The molecule has 0 unspecified atom stereocenters.